The van der Waals surface area contributed by atoms with E-state index in [2.05, 4.69) is 26.0 Å². The molecule has 4 heteroatoms. The van der Waals surface area contributed by atoms with Gasteiger partial charge in [0.25, 0.3) is 0 Å². The maximum absolute atomic E-state index is 10.3. The first kappa shape index (κ1) is 47.6. The molecule has 0 aliphatic carbocycles. The fourth-order valence-electron chi connectivity index (χ4n) is 5.89. The molecule has 0 aromatic heterocycles. The summed E-state index contributed by atoms with van der Waals surface area (Å²) in [4.78, 5) is 10.3. The summed E-state index contributed by atoms with van der Waals surface area (Å²) in [6, 6.07) is 7.67. The standard InChI is InChI=1S/C24H42O.C18H34O2.Ca.2H/c1-2-3-4-5-6-7-8-9-10-11-12-13-14-15-16-17-18-23-19-21-24(25)22-20-23;1-2-3-4-5-6-7-8-9-10-11-12-13-14-15-16-17-18(19)20;;;/h19-22,25H,2-18H2,1H3;9-10H,2-8,11-17H2,1H3,(H,19,20);;;/q;;+2;2*-1/b;10-9-;;;. The maximum atomic E-state index is 10.3. The molecule has 3 nitrogen and oxygen atoms in total. The Kier molecular flexibility index (Phi) is 42.1. The van der Waals surface area contributed by atoms with Crippen molar-refractivity contribution in [2.75, 3.05) is 0 Å². The van der Waals surface area contributed by atoms with Crippen molar-refractivity contribution in [3.05, 3.63) is 42.0 Å². The molecule has 0 saturated heterocycles. The molecule has 0 saturated carbocycles. The van der Waals surface area contributed by atoms with Gasteiger partial charge in [0.1, 0.15) is 5.75 Å². The van der Waals surface area contributed by atoms with Crippen molar-refractivity contribution in [2.24, 2.45) is 0 Å². The molecular formula is C42H78CaO3. The predicted octanol–water partition coefficient (Wildman–Crippen LogP) is 14.1. The van der Waals surface area contributed by atoms with Gasteiger partial charge in [0, 0.05) is 6.42 Å². The Morgan fingerprint density at radius 3 is 1.22 bits per heavy atom. The SMILES string of the molecule is CCCCCCCC/C=C\CCCCCCCC(=O)O.CCCCCCCCCCCCCCCCCCc1ccc(O)cc1.[Ca+2].[H-].[H-]. The number of unbranched alkanes of at least 4 members (excludes halogenated alkanes) is 26. The zero-order chi connectivity index (χ0) is 32.9. The van der Waals surface area contributed by atoms with E-state index >= 15 is 0 Å². The molecule has 0 spiro atoms. The largest absolute Gasteiger partial charge is 2.00 e. The van der Waals surface area contributed by atoms with Gasteiger partial charge < -0.3 is 13.1 Å². The summed E-state index contributed by atoms with van der Waals surface area (Å²) in [5, 5.41) is 17.8. The molecule has 0 heterocycles. The maximum Gasteiger partial charge on any atom is 2.00 e. The number of allylic oxidation sites excluding steroid dienone is 2. The van der Waals surface area contributed by atoms with Gasteiger partial charge in [-0.05, 0) is 62.6 Å². The molecule has 0 atom stereocenters. The number of phenols is 1. The van der Waals surface area contributed by atoms with Crippen LogP contribution in [0.1, 0.15) is 215 Å². The van der Waals surface area contributed by atoms with Crippen molar-refractivity contribution >= 4 is 43.7 Å². The van der Waals surface area contributed by atoms with Crippen LogP contribution in [-0.4, -0.2) is 53.9 Å². The van der Waals surface area contributed by atoms with Crippen LogP contribution < -0.4 is 0 Å². The summed E-state index contributed by atoms with van der Waals surface area (Å²) < 4.78 is 0. The minimum atomic E-state index is -0.664. The predicted molar refractivity (Wildman–Crippen MR) is 206 cm³/mol. The van der Waals surface area contributed by atoms with E-state index in [0.29, 0.717) is 12.2 Å². The van der Waals surface area contributed by atoms with Gasteiger partial charge in [-0.15, -0.1) is 0 Å². The molecule has 0 amide bonds. The van der Waals surface area contributed by atoms with Crippen molar-refractivity contribution in [2.45, 2.75) is 213 Å². The van der Waals surface area contributed by atoms with E-state index in [1.807, 2.05) is 12.1 Å². The molecule has 0 bridgehead atoms. The van der Waals surface area contributed by atoms with Crippen LogP contribution in [0.15, 0.2) is 36.4 Å². The van der Waals surface area contributed by atoms with Crippen LogP contribution in [-0.2, 0) is 11.2 Å². The normalized spacial score (nSPS) is 10.9. The average molecular weight is 671 g/mol. The van der Waals surface area contributed by atoms with Gasteiger partial charge in [0.05, 0.1) is 0 Å². The quantitative estimate of drug-likeness (QED) is 0.0455. The Hall–Kier alpha value is -0.510. The van der Waals surface area contributed by atoms with Crippen molar-refractivity contribution < 1.29 is 17.9 Å². The van der Waals surface area contributed by atoms with E-state index in [1.54, 1.807) is 12.1 Å². The monoisotopic (exact) mass is 671 g/mol. The molecular weight excluding hydrogens is 593 g/mol. The van der Waals surface area contributed by atoms with Crippen molar-refractivity contribution in [3.63, 3.8) is 0 Å². The first-order chi connectivity index (χ1) is 22.1. The number of phenolic OH excluding ortho intramolecular Hbond substituents is 1. The number of rotatable bonds is 32. The Bertz CT molecular complexity index is 758. The van der Waals surface area contributed by atoms with E-state index < -0.39 is 5.97 Å². The van der Waals surface area contributed by atoms with Crippen LogP contribution in [0.5, 0.6) is 5.75 Å². The van der Waals surface area contributed by atoms with Gasteiger partial charge in [0.15, 0.2) is 0 Å². The summed E-state index contributed by atoms with van der Waals surface area (Å²) >= 11 is 0. The summed E-state index contributed by atoms with van der Waals surface area (Å²) in [6.45, 7) is 4.55. The Morgan fingerprint density at radius 1 is 0.522 bits per heavy atom. The van der Waals surface area contributed by atoms with Gasteiger partial charge in [-0.2, -0.15) is 0 Å². The second-order valence-electron chi connectivity index (χ2n) is 13.4. The van der Waals surface area contributed by atoms with Crippen LogP contribution >= 0.6 is 0 Å². The van der Waals surface area contributed by atoms with Gasteiger partial charge in [0.2, 0.25) is 0 Å². The third kappa shape index (κ3) is 39.7. The van der Waals surface area contributed by atoms with Gasteiger partial charge >= 0.3 is 43.7 Å². The smallest absolute Gasteiger partial charge is 1.00 e. The number of carboxylic acids is 1. The molecule has 46 heavy (non-hydrogen) atoms. The van der Waals surface area contributed by atoms with E-state index in [-0.39, 0.29) is 40.6 Å². The van der Waals surface area contributed by atoms with Crippen molar-refractivity contribution in [3.8, 4) is 5.75 Å². The number of benzene rings is 1. The second-order valence-corrected chi connectivity index (χ2v) is 13.4. The fourth-order valence-corrected chi connectivity index (χ4v) is 5.89. The summed E-state index contributed by atoms with van der Waals surface area (Å²) in [5.74, 6) is -0.293. The molecule has 0 unspecified atom stereocenters. The molecule has 0 aliphatic heterocycles. The zero-order valence-corrected chi connectivity index (χ0v) is 33.1. The molecule has 0 fully saturated rings. The molecule has 2 N–H and O–H groups in total. The molecule has 0 radical (unpaired) electrons. The van der Waals surface area contributed by atoms with Crippen molar-refractivity contribution in [1.82, 2.24) is 0 Å². The molecule has 1 aromatic rings. The minimum Gasteiger partial charge on any atom is -1.00 e. The van der Waals surface area contributed by atoms with Crippen LogP contribution in [0.2, 0.25) is 0 Å². The average Bonchev–Trinajstić information content (AvgIpc) is 3.03. The molecule has 1 aromatic carbocycles. The van der Waals surface area contributed by atoms with E-state index in [9.17, 15) is 9.90 Å². The summed E-state index contributed by atoms with van der Waals surface area (Å²) in [6.07, 6.45) is 45.1. The zero-order valence-electron chi connectivity index (χ0n) is 32.9. The van der Waals surface area contributed by atoms with E-state index in [0.717, 1.165) is 19.3 Å². The minimum absolute atomic E-state index is 0. The van der Waals surface area contributed by atoms with Crippen LogP contribution in [0, 0.1) is 0 Å². The number of aryl methyl sites for hydroxylation is 1. The summed E-state index contributed by atoms with van der Waals surface area (Å²) in [7, 11) is 0. The number of aromatic hydroxyl groups is 1. The number of carbonyl (C=O) groups is 1. The Morgan fingerprint density at radius 2 is 0.848 bits per heavy atom. The Balaban J connectivity index is -0.000000388. The van der Waals surface area contributed by atoms with Crippen LogP contribution in [0.25, 0.3) is 0 Å². The Labute approximate surface area is 320 Å². The topological polar surface area (TPSA) is 57.5 Å². The van der Waals surface area contributed by atoms with Crippen LogP contribution in [0.3, 0.4) is 0 Å². The first-order valence-corrected chi connectivity index (χ1v) is 19.7. The van der Waals surface area contributed by atoms with Crippen LogP contribution in [0.4, 0.5) is 0 Å². The van der Waals surface area contributed by atoms with Crippen molar-refractivity contribution in [1.29, 1.82) is 0 Å². The third-order valence-corrected chi connectivity index (χ3v) is 8.91. The van der Waals surface area contributed by atoms with E-state index in [4.69, 9.17) is 5.11 Å². The molecule has 0 aliphatic rings. The number of hydrogen-bond donors (Lipinski definition) is 2. The first-order valence-electron chi connectivity index (χ1n) is 19.7. The number of hydrogen-bond acceptors (Lipinski definition) is 2. The third-order valence-electron chi connectivity index (χ3n) is 8.91. The molecule has 266 valence electrons. The summed E-state index contributed by atoms with van der Waals surface area (Å²) in [5.41, 5.74) is 1.35. The van der Waals surface area contributed by atoms with Gasteiger partial charge in [-0.3, -0.25) is 4.79 Å². The van der Waals surface area contributed by atoms with E-state index in [1.165, 1.54) is 179 Å². The van der Waals surface area contributed by atoms with Gasteiger partial charge in [-0.1, -0.05) is 186 Å². The van der Waals surface area contributed by atoms with Gasteiger partial charge in [-0.25, -0.2) is 0 Å². The second kappa shape index (κ2) is 40.7. The fraction of sp³-hybridized carbons (Fsp3) is 0.786. The molecule has 1 rings (SSSR count). The number of carboxylic acid groups (broad SMARTS) is 1. The number of aliphatic carboxylic acids is 1.